The smallest absolute Gasteiger partial charge is 0.230 e. The molecule has 1 unspecified atom stereocenters. The molecule has 2 N–H and O–H groups in total. The molecule has 3 aromatic rings. The van der Waals surface area contributed by atoms with Crippen LogP contribution in [0.3, 0.4) is 0 Å². The molecule has 32 heavy (non-hydrogen) atoms. The zero-order valence-electron chi connectivity index (χ0n) is 18.0. The number of carbonyl (C=O) groups is 1. The Kier molecular flexibility index (Phi) is 7.54. The molecule has 2 aromatic heterocycles. The molecule has 3 heterocycles. The Labute approximate surface area is 195 Å². The normalized spacial score (nSPS) is 14.1. The number of benzene rings is 1. The van der Waals surface area contributed by atoms with Crippen molar-refractivity contribution in [2.45, 2.75) is 37.2 Å². The average Bonchev–Trinajstić information content (AvgIpc) is 3.41. The lowest BCUT2D eigenvalue weighted by Crippen LogP contribution is -2.33. The number of aromatic nitrogens is 2. The molecule has 0 fully saturated rings. The van der Waals surface area contributed by atoms with Gasteiger partial charge in [-0.25, -0.2) is 0 Å². The number of anilines is 1. The number of nitrogens with zero attached hydrogens (tertiary/aromatic N) is 2. The topological polar surface area (TPSA) is 98.5 Å². The highest BCUT2D eigenvalue weighted by atomic mass is 32.2. The van der Waals surface area contributed by atoms with Gasteiger partial charge in [-0.05, 0) is 35.7 Å². The van der Waals surface area contributed by atoms with E-state index < -0.39 is 0 Å². The third-order valence-electron chi connectivity index (χ3n) is 4.84. The fourth-order valence-corrected chi connectivity index (χ4v) is 4.82. The molecule has 0 saturated heterocycles. The third-order valence-corrected chi connectivity index (χ3v) is 6.86. The van der Waals surface area contributed by atoms with Crippen LogP contribution in [-0.4, -0.2) is 35.1 Å². The predicted molar refractivity (Wildman–Crippen MR) is 124 cm³/mol. The SMILES string of the molecule is CC(C)C(NC(=O)CSc1nnc(NCc2ccco2)s1)c1ccc2c(c1)OCCCO2. The molecule has 8 nitrogen and oxygen atoms in total. The minimum atomic E-state index is -0.125. The van der Waals surface area contributed by atoms with Crippen LogP contribution in [0.15, 0.2) is 45.4 Å². The molecule has 0 radical (unpaired) electrons. The lowest BCUT2D eigenvalue weighted by molar-refractivity contribution is -0.119. The Hall–Kier alpha value is -2.72. The van der Waals surface area contributed by atoms with Crippen LogP contribution in [0.25, 0.3) is 0 Å². The maximum absolute atomic E-state index is 12.7. The maximum atomic E-state index is 12.7. The number of nitrogens with one attached hydrogen (secondary N) is 2. The number of carbonyl (C=O) groups excluding carboxylic acids is 1. The van der Waals surface area contributed by atoms with E-state index in [2.05, 4.69) is 34.7 Å². The first-order chi connectivity index (χ1) is 15.6. The van der Waals surface area contributed by atoms with Crippen LogP contribution >= 0.6 is 23.1 Å². The van der Waals surface area contributed by atoms with Gasteiger partial charge >= 0.3 is 0 Å². The number of furan rings is 1. The maximum Gasteiger partial charge on any atom is 0.230 e. The summed E-state index contributed by atoms with van der Waals surface area (Å²) in [7, 11) is 0. The summed E-state index contributed by atoms with van der Waals surface area (Å²) in [6.45, 7) is 6.00. The summed E-state index contributed by atoms with van der Waals surface area (Å²) >= 11 is 2.79. The minimum Gasteiger partial charge on any atom is -0.490 e. The fourth-order valence-electron chi connectivity index (χ4n) is 3.27. The lowest BCUT2D eigenvalue weighted by atomic mass is 9.95. The zero-order chi connectivity index (χ0) is 22.3. The van der Waals surface area contributed by atoms with Crippen LogP contribution in [0, 0.1) is 5.92 Å². The van der Waals surface area contributed by atoms with Gasteiger partial charge < -0.3 is 24.5 Å². The molecule has 1 aliphatic rings. The highest BCUT2D eigenvalue weighted by Gasteiger charge is 2.21. The largest absolute Gasteiger partial charge is 0.490 e. The monoisotopic (exact) mass is 474 g/mol. The standard InChI is InChI=1S/C22H26N4O4S2/c1-14(2)20(15-6-7-17-18(11-15)30-10-4-9-29-17)24-19(27)13-31-22-26-25-21(32-22)23-12-16-5-3-8-28-16/h3,5-8,11,14,20H,4,9-10,12-13H2,1-2H3,(H,23,25)(H,24,27). The number of hydrogen-bond acceptors (Lipinski definition) is 9. The molecule has 10 heteroatoms. The highest BCUT2D eigenvalue weighted by Crippen LogP contribution is 2.34. The van der Waals surface area contributed by atoms with Gasteiger partial charge in [0.15, 0.2) is 15.8 Å². The quantitative estimate of drug-likeness (QED) is 0.437. The Balaban J connectivity index is 1.31. The summed E-state index contributed by atoms with van der Waals surface area (Å²) in [6, 6.07) is 9.49. The van der Waals surface area contributed by atoms with Gasteiger partial charge in [-0.3, -0.25) is 4.79 Å². The van der Waals surface area contributed by atoms with E-state index in [-0.39, 0.29) is 23.6 Å². The van der Waals surface area contributed by atoms with E-state index in [1.54, 1.807) is 6.26 Å². The van der Waals surface area contributed by atoms with Gasteiger partial charge in [0.1, 0.15) is 5.76 Å². The number of amides is 1. The zero-order valence-corrected chi connectivity index (χ0v) is 19.6. The molecular formula is C22H26N4O4S2. The van der Waals surface area contributed by atoms with Crippen LogP contribution in [0.2, 0.25) is 0 Å². The van der Waals surface area contributed by atoms with E-state index in [9.17, 15) is 4.79 Å². The number of rotatable bonds is 9. The van der Waals surface area contributed by atoms with E-state index in [4.69, 9.17) is 13.9 Å². The minimum absolute atomic E-state index is 0.0545. The molecule has 1 aliphatic heterocycles. The van der Waals surface area contributed by atoms with Gasteiger partial charge in [0, 0.05) is 6.42 Å². The van der Waals surface area contributed by atoms with Crippen molar-refractivity contribution in [3.63, 3.8) is 0 Å². The van der Waals surface area contributed by atoms with Crippen molar-refractivity contribution in [1.29, 1.82) is 0 Å². The van der Waals surface area contributed by atoms with Crippen LogP contribution < -0.4 is 20.1 Å². The van der Waals surface area contributed by atoms with Crippen molar-refractivity contribution in [2.75, 3.05) is 24.3 Å². The lowest BCUT2D eigenvalue weighted by Gasteiger charge is -2.23. The van der Waals surface area contributed by atoms with Crippen molar-refractivity contribution < 1.29 is 18.7 Å². The number of thioether (sulfide) groups is 1. The molecule has 170 valence electrons. The molecule has 1 atom stereocenters. The van der Waals surface area contributed by atoms with Gasteiger partial charge in [-0.2, -0.15) is 0 Å². The molecule has 1 aromatic carbocycles. The molecule has 0 spiro atoms. The molecular weight excluding hydrogens is 448 g/mol. The van der Waals surface area contributed by atoms with Crippen LogP contribution in [0.4, 0.5) is 5.13 Å². The van der Waals surface area contributed by atoms with E-state index in [0.29, 0.717) is 24.9 Å². The molecule has 0 bridgehead atoms. The Morgan fingerprint density at radius 1 is 1.19 bits per heavy atom. The first kappa shape index (κ1) is 22.5. The van der Waals surface area contributed by atoms with Crippen molar-refractivity contribution in [3.05, 3.63) is 47.9 Å². The summed E-state index contributed by atoms with van der Waals surface area (Å²) in [5.74, 6) is 2.73. The Morgan fingerprint density at radius 3 is 2.81 bits per heavy atom. The predicted octanol–water partition coefficient (Wildman–Crippen LogP) is 4.51. The van der Waals surface area contributed by atoms with Crippen LogP contribution in [0.1, 0.15) is 37.6 Å². The number of fused-ring (bicyclic) bond motifs is 1. The van der Waals surface area contributed by atoms with Gasteiger partial charge in [-0.1, -0.05) is 43.0 Å². The van der Waals surface area contributed by atoms with E-state index >= 15 is 0 Å². The van der Waals surface area contributed by atoms with Gasteiger partial charge in [0.05, 0.1) is 37.8 Å². The third kappa shape index (κ3) is 5.95. The molecule has 0 saturated carbocycles. The summed E-state index contributed by atoms with van der Waals surface area (Å²) in [5, 5.41) is 15.3. The van der Waals surface area contributed by atoms with Gasteiger partial charge in [-0.15, -0.1) is 10.2 Å². The summed E-state index contributed by atoms with van der Waals surface area (Å²) in [5.41, 5.74) is 1.00. The number of hydrogen-bond donors (Lipinski definition) is 2. The Morgan fingerprint density at radius 2 is 2.03 bits per heavy atom. The fraction of sp³-hybridized carbons (Fsp3) is 0.409. The van der Waals surface area contributed by atoms with Crippen molar-refractivity contribution in [3.8, 4) is 11.5 Å². The molecule has 4 rings (SSSR count). The summed E-state index contributed by atoms with van der Waals surface area (Å²) < 4.78 is 17.5. The summed E-state index contributed by atoms with van der Waals surface area (Å²) in [4.78, 5) is 12.7. The van der Waals surface area contributed by atoms with Gasteiger partial charge in [0.2, 0.25) is 11.0 Å². The van der Waals surface area contributed by atoms with Crippen molar-refractivity contribution in [1.82, 2.24) is 15.5 Å². The average molecular weight is 475 g/mol. The molecule has 0 aliphatic carbocycles. The summed E-state index contributed by atoms with van der Waals surface area (Å²) in [6.07, 6.45) is 2.49. The highest BCUT2D eigenvalue weighted by molar-refractivity contribution is 8.01. The van der Waals surface area contributed by atoms with Crippen molar-refractivity contribution >= 4 is 34.1 Å². The van der Waals surface area contributed by atoms with Crippen LogP contribution in [0.5, 0.6) is 11.5 Å². The second kappa shape index (κ2) is 10.7. The van der Waals surface area contributed by atoms with E-state index in [1.807, 2.05) is 30.3 Å². The second-order valence-corrected chi connectivity index (χ2v) is 9.84. The van der Waals surface area contributed by atoms with Crippen LogP contribution in [-0.2, 0) is 11.3 Å². The second-order valence-electron chi connectivity index (χ2n) is 7.64. The van der Waals surface area contributed by atoms with Crippen molar-refractivity contribution in [2.24, 2.45) is 5.92 Å². The Bertz CT molecular complexity index is 1020. The molecule has 1 amide bonds. The first-order valence-corrected chi connectivity index (χ1v) is 12.3. The van der Waals surface area contributed by atoms with Gasteiger partial charge in [0.25, 0.3) is 0 Å². The first-order valence-electron chi connectivity index (χ1n) is 10.5. The van der Waals surface area contributed by atoms with E-state index in [1.165, 1.54) is 23.1 Å². The number of ether oxygens (including phenoxy) is 2. The van der Waals surface area contributed by atoms with E-state index in [0.717, 1.165) is 33.6 Å².